The Morgan fingerprint density at radius 3 is 0.871 bits per heavy atom. The summed E-state index contributed by atoms with van der Waals surface area (Å²) in [6.07, 6.45) is 34.1. The second-order valence-corrected chi connectivity index (χ2v) is 37.9. The minimum atomic E-state index is -0.594. The molecule has 0 aliphatic rings. The molecule has 0 heterocycles. The highest BCUT2D eigenvalue weighted by molar-refractivity contribution is 14.1. The van der Waals surface area contributed by atoms with E-state index in [0.29, 0.717) is 125 Å². The lowest BCUT2D eigenvalue weighted by molar-refractivity contribution is -0.140. The largest absolute Gasteiger partial charge is 0.507 e. The molecule has 0 spiro atoms. The van der Waals surface area contributed by atoms with Gasteiger partial charge in [0, 0.05) is 165 Å². The number of carbonyl (C=O) groups is 8. The van der Waals surface area contributed by atoms with Crippen molar-refractivity contribution in [1.29, 1.82) is 0 Å². The molecule has 7 amide bonds. The molecule has 0 saturated carbocycles. The molecule has 0 saturated heterocycles. The third kappa shape index (κ3) is 220. The van der Waals surface area contributed by atoms with Gasteiger partial charge in [0.15, 0.2) is 0 Å². The molecule has 844 valence electrons. The Morgan fingerprint density at radius 2 is 0.554 bits per heavy atom. The molecule has 0 aromatic carbocycles. The zero-order chi connectivity index (χ0) is 107. The normalized spacial score (nSPS) is 9.71. The van der Waals surface area contributed by atoms with E-state index in [0.717, 1.165) is 196 Å². The number of nitrogens with one attached hydrogen (secondary N) is 9. The fourth-order valence-corrected chi connectivity index (χ4v) is 12.6. The van der Waals surface area contributed by atoms with Crippen molar-refractivity contribution >= 4 is 276 Å². The van der Waals surface area contributed by atoms with Crippen molar-refractivity contribution in [2.45, 2.75) is 205 Å². The summed E-state index contributed by atoms with van der Waals surface area (Å²) in [5.74, 6) is 2.34. The number of alkyl halides is 13. The zero-order valence-electron chi connectivity index (χ0n) is 86.8. The SMILES string of the molecule is CNC(=O)CCCCI.CNC(=O)CCOCCOCCOCCI.CNC(=O)NCCCCCCCBr.CNC(=O)OCCCCCCCl.CNC(=O)OCCOCCOCCI.CNC(=O)OCCOCCOCCOCCBr.CNCCCCCCCl.CNCCCCl.COC(=O)CCCI.COC(=O)OCCCCCBr.COCCCCCBr.COCCCCCCCCBr.COCCI. The van der Waals surface area contributed by atoms with Crippen molar-refractivity contribution in [1.82, 2.24) is 47.9 Å². The number of urea groups is 1. The first-order valence-corrected chi connectivity index (χ1v) is 62.7. The van der Waals surface area contributed by atoms with E-state index in [1.54, 1.807) is 49.5 Å². The zero-order valence-corrected chi connectivity index (χ0v) is 108. The third-order valence-electron chi connectivity index (χ3n) is 15.7. The van der Waals surface area contributed by atoms with Crippen molar-refractivity contribution in [3.8, 4) is 0 Å². The maximum absolute atomic E-state index is 10.8. The Morgan fingerprint density at radius 1 is 0.245 bits per heavy atom. The topological polar surface area (TPSA) is 402 Å². The number of hydrogen-bond donors (Lipinski definition) is 9. The molecule has 34 nitrogen and oxygen atoms in total. The summed E-state index contributed by atoms with van der Waals surface area (Å²) in [5.41, 5.74) is 0. The lowest BCUT2D eigenvalue weighted by Gasteiger charge is -2.06. The van der Waals surface area contributed by atoms with Crippen LogP contribution in [0.3, 0.4) is 0 Å². The predicted octanol–water partition coefficient (Wildman–Crippen LogP) is 21.1. The lowest BCUT2D eigenvalue weighted by Crippen LogP contribution is -2.33. The summed E-state index contributed by atoms with van der Waals surface area (Å²) < 4.78 is 89.0. The summed E-state index contributed by atoms with van der Waals surface area (Å²) in [6.45, 7) is 16.1. The van der Waals surface area contributed by atoms with Gasteiger partial charge in [-0.2, -0.15) is 0 Å². The highest BCUT2D eigenvalue weighted by Crippen LogP contribution is 2.09. The highest BCUT2D eigenvalue weighted by Gasteiger charge is 2.04. The van der Waals surface area contributed by atoms with Crippen LogP contribution in [0.4, 0.5) is 24.0 Å². The van der Waals surface area contributed by atoms with Crippen LogP contribution < -0.4 is 47.9 Å². The van der Waals surface area contributed by atoms with Gasteiger partial charge in [-0.15, -0.1) is 34.8 Å². The molecule has 9 N–H and O–H groups in total. The van der Waals surface area contributed by atoms with E-state index < -0.39 is 18.3 Å². The molecule has 0 atom stereocenters. The highest BCUT2D eigenvalue weighted by atomic mass is 127. The Labute approximate surface area is 967 Å². The Balaban J connectivity index is -0.000000114. The second-order valence-electron chi connectivity index (χ2n) is 27.4. The van der Waals surface area contributed by atoms with Gasteiger partial charge in [-0.25, -0.2) is 24.0 Å². The van der Waals surface area contributed by atoms with Gasteiger partial charge in [0.2, 0.25) is 11.8 Å². The Hall–Kier alpha value is 1.16. The van der Waals surface area contributed by atoms with E-state index in [2.05, 4.69) is 259 Å². The van der Waals surface area contributed by atoms with Crippen molar-refractivity contribution in [2.24, 2.45) is 0 Å². The monoisotopic (exact) mass is 2960 g/mol. The molecule has 0 aliphatic carbocycles. The summed E-state index contributed by atoms with van der Waals surface area (Å²) >= 11 is 44.4. The van der Waals surface area contributed by atoms with Crippen LogP contribution in [-0.4, -0.2) is 378 Å². The standard InChI is InChI=1S/C10H20BrNO5.C10H20INO4.C9H19BrN2O.C9H19BrO.C8H16ClNO2.C8H16INO4.C7H13BrO3.C7H16ClN.C6H13BrO.C6H12INO.C5H9IO2.C4H10ClN.C3H7IO/c1-12-10(13)17-9-8-16-7-6-15-5-4-14-3-2-11;1-12-10(13)2-4-14-6-8-16-9-7-15-5-3-11;1-11-9(13)12-8-6-4-2-3-5-7-10;1-11-9-7-5-3-2-4-6-8-10;1-10-8(11)12-7-5-3-2-4-6-9;1-10-8(11)14-7-6-13-5-4-12-3-2-9;1-10-7(9)11-6-4-2-3-5-8;1-9-7-5-3-2-4-6-8;1-8-6-4-2-3-5-7;1-8-6(9)4-2-3-5-7;1-8-5(7)3-2-4-6;1-6-4-2-3-5;1-5-3-2-4/h2-9H2,1H3,(H,12,13);2-9H2,1H3,(H,12,13);2-8H2,1H3,(H2,11,12,13);2-9H2,1H3;2-7H2,1H3,(H,10,11);2-7H2,1H3,(H,10,11);2-6H2,1H3;9H,2-7H2,1H3;2-6H2,1H3;2-5H2,1H3,(H,8,9);2-4H2,1H3;6H,2-4H2,1H3;2-3H2,1H3. The Bertz CT molecular complexity index is 2240. The number of hydrogen-bond acceptors (Lipinski definition) is 27. The molecule has 0 aromatic heterocycles. The maximum Gasteiger partial charge on any atom is 0.507 e. The van der Waals surface area contributed by atoms with Crippen LogP contribution in [0, 0.1) is 0 Å². The Kier molecular flexibility index (Phi) is 215. The first-order valence-electron chi connectivity index (χ1n) is 47.9. The average Bonchev–Trinajstić information content (AvgIpc) is 1.10. The number of halogens is 13. The van der Waals surface area contributed by atoms with Crippen molar-refractivity contribution in [3.05, 3.63) is 0 Å². The van der Waals surface area contributed by atoms with Crippen LogP contribution in [0.2, 0.25) is 0 Å². The predicted molar refractivity (Wildman–Crippen MR) is 636 cm³/mol. The van der Waals surface area contributed by atoms with Gasteiger partial charge in [-0.3, -0.25) is 14.4 Å². The first kappa shape index (κ1) is 168. The van der Waals surface area contributed by atoms with Crippen LogP contribution in [0.25, 0.3) is 0 Å². The number of amides is 7. The fraction of sp³-hybridized carbons (Fsp3) is 0.913. The minimum Gasteiger partial charge on any atom is -0.469 e. The van der Waals surface area contributed by atoms with Gasteiger partial charge in [0.1, 0.15) is 13.2 Å². The molecule has 47 heteroatoms. The van der Waals surface area contributed by atoms with Gasteiger partial charge in [0.25, 0.3) is 0 Å². The van der Waals surface area contributed by atoms with E-state index >= 15 is 0 Å². The summed E-state index contributed by atoms with van der Waals surface area (Å²) in [6, 6.07) is -0.0829. The lowest BCUT2D eigenvalue weighted by atomic mass is 10.1. The van der Waals surface area contributed by atoms with Crippen LogP contribution in [-0.2, 0) is 94.9 Å². The number of rotatable bonds is 79. The molecule has 0 bridgehead atoms. The van der Waals surface area contributed by atoms with Gasteiger partial charge in [-0.1, -0.05) is 270 Å². The summed E-state index contributed by atoms with van der Waals surface area (Å²) in [7, 11) is 21.3. The van der Waals surface area contributed by atoms with Crippen LogP contribution in [0.15, 0.2) is 0 Å². The third-order valence-corrected chi connectivity index (χ3v) is 21.9. The molecular formula is C92H190Br5Cl3I5N9O25. The molecule has 0 radical (unpaired) electrons. The molecule has 139 heavy (non-hydrogen) atoms. The molecule has 0 aliphatic heterocycles. The average molecular weight is 2960 g/mol. The number of methoxy groups -OCH3 is 5. The number of ether oxygens (including phenoxy) is 17. The number of alkyl carbamates (subject to hydrolysis) is 3. The van der Waals surface area contributed by atoms with E-state index in [-0.39, 0.29) is 43.1 Å². The van der Waals surface area contributed by atoms with E-state index in [9.17, 15) is 38.4 Å². The van der Waals surface area contributed by atoms with Crippen molar-refractivity contribution in [3.63, 3.8) is 0 Å². The summed E-state index contributed by atoms with van der Waals surface area (Å²) in [5, 5.41) is 28.8. The number of unbranched alkanes of at least 4 members (excludes halogenated alkanes) is 20. The quantitative estimate of drug-likeness (QED) is 0.00898. The summed E-state index contributed by atoms with van der Waals surface area (Å²) in [4.78, 5) is 84.6. The molecular weight excluding hydrogens is 2770 g/mol. The van der Waals surface area contributed by atoms with E-state index in [1.807, 2.05) is 14.1 Å². The first-order chi connectivity index (χ1) is 67.5. The number of esters is 1. The van der Waals surface area contributed by atoms with E-state index in [4.69, 9.17) is 96.4 Å². The van der Waals surface area contributed by atoms with E-state index in [1.165, 1.54) is 137 Å². The van der Waals surface area contributed by atoms with Gasteiger partial charge >= 0.3 is 36.4 Å². The van der Waals surface area contributed by atoms with Gasteiger partial charge < -0.3 is 128 Å². The number of carbonyl (C=O) groups excluding carboxylic acids is 8. The smallest absolute Gasteiger partial charge is 0.469 e. The van der Waals surface area contributed by atoms with Crippen LogP contribution in [0.1, 0.15) is 205 Å². The van der Waals surface area contributed by atoms with Crippen molar-refractivity contribution in [2.75, 3.05) is 330 Å². The van der Waals surface area contributed by atoms with Gasteiger partial charge in [-0.05, 0) is 141 Å². The van der Waals surface area contributed by atoms with Crippen LogP contribution >= 0.6 is 227 Å². The molecule has 0 fully saturated rings. The van der Waals surface area contributed by atoms with Crippen LogP contribution in [0.5, 0.6) is 0 Å². The molecule has 0 unspecified atom stereocenters. The fourth-order valence-electron chi connectivity index (χ4n) is 8.26. The maximum atomic E-state index is 10.8. The molecule has 0 aromatic rings. The van der Waals surface area contributed by atoms with Gasteiger partial charge in [0.05, 0.1) is 140 Å². The molecule has 0 rings (SSSR count). The van der Waals surface area contributed by atoms with Crippen molar-refractivity contribution < 1.29 is 119 Å². The second kappa shape index (κ2) is 178. The minimum absolute atomic E-state index is 0.00637.